The van der Waals surface area contributed by atoms with E-state index < -0.39 is 0 Å². The number of halogens is 2. The van der Waals surface area contributed by atoms with E-state index in [1.54, 1.807) is 0 Å². The van der Waals surface area contributed by atoms with Crippen LogP contribution in [0, 0.1) is 13.8 Å². The molecular weight excluding hydrogens is 492 g/mol. The number of rotatable bonds is 4. The molecule has 0 radical (unpaired) electrons. The Morgan fingerprint density at radius 1 is 0.793 bits per heavy atom. The van der Waals surface area contributed by atoms with Crippen molar-refractivity contribution in [1.29, 1.82) is 0 Å². The number of hydrogen-bond acceptors (Lipinski definition) is 2. The average molecular weight is 512 g/mol. The molecule has 2 N–H and O–H groups in total. The maximum atomic E-state index is 12.9. The van der Waals surface area contributed by atoms with Crippen LogP contribution in [0.15, 0.2) is 75.4 Å². The molecule has 29 heavy (non-hydrogen) atoms. The van der Waals surface area contributed by atoms with Gasteiger partial charge >= 0.3 is 0 Å². The lowest BCUT2D eigenvalue weighted by Crippen LogP contribution is -2.07. The number of nitrogens with one attached hydrogen (secondary N) is 2. The van der Waals surface area contributed by atoms with Crippen LogP contribution in [0.3, 0.4) is 0 Å². The third-order valence-electron chi connectivity index (χ3n) is 4.99. The van der Waals surface area contributed by atoms with E-state index in [4.69, 9.17) is 0 Å². The molecule has 0 aliphatic carbocycles. The summed E-state index contributed by atoms with van der Waals surface area (Å²) in [5.74, 6) is -0.00984. The largest absolute Gasteiger partial charge is 0.352 e. The van der Waals surface area contributed by atoms with E-state index in [9.17, 15) is 4.79 Å². The Bertz CT molecular complexity index is 1120. The molecule has 0 fully saturated rings. The summed E-state index contributed by atoms with van der Waals surface area (Å²) in [6, 6.07) is 19.9. The zero-order valence-electron chi connectivity index (χ0n) is 16.1. The standard InChI is InChI=1S/C24H20Br2N2O/c1-14-3-7-16(8-4-14)22(21-13-18(25)24(26)28-21)19-11-12-20(27-19)23(29)17-9-5-15(2)6-10-17/h3-12,27-28H,13H2,1-2H3. The number of H-pyrrole nitrogens is 1. The number of carbonyl (C=O) groups is 1. The third-order valence-corrected chi connectivity index (χ3v) is 6.87. The van der Waals surface area contributed by atoms with Crippen LogP contribution in [0.25, 0.3) is 5.57 Å². The summed E-state index contributed by atoms with van der Waals surface area (Å²) in [6.45, 7) is 4.09. The highest BCUT2D eigenvalue weighted by molar-refractivity contribution is 9.14. The van der Waals surface area contributed by atoms with Crippen molar-refractivity contribution < 1.29 is 4.79 Å². The molecule has 0 atom stereocenters. The molecular formula is C24H20Br2N2O. The SMILES string of the molecule is Cc1ccc(C(=O)c2ccc(C(=C3CC(Br)=C(Br)N3)c3ccc(C)cc3)[nH]2)cc1. The molecule has 146 valence electrons. The predicted molar refractivity (Wildman–Crippen MR) is 125 cm³/mol. The van der Waals surface area contributed by atoms with Crippen molar-refractivity contribution in [1.82, 2.24) is 10.3 Å². The van der Waals surface area contributed by atoms with Crippen LogP contribution >= 0.6 is 31.9 Å². The molecule has 0 unspecified atom stereocenters. The van der Waals surface area contributed by atoms with Crippen LogP contribution in [0.5, 0.6) is 0 Å². The lowest BCUT2D eigenvalue weighted by molar-refractivity contribution is 0.103. The van der Waals surface area contributed by atoms with E-state index in [0.717, 1.165) is 43.6 Å². The summed E-state index contributed by atoms with van der Waals surface area (Å²) >= 11 is 7.16. The number of aromatic amines is 1. The Morgan fingerprint density at radius 2 is 1.34 bits per heavy atom. The summed E-state index contributed by atoms with van der Waals surface area (Å²) < 4.78 is 2.00. The molecule has 5 heteroatoms. The van der Waals surface area contributed by atoms with Crippen molar-refractivity contribution in [2.24, 2.45) is 0 Å². The number of aryl methyl sites for hydroxylation is 2. The van der Waals surface area contributed by atoms with Crippen LogP contribution in [-0.4, -0.2) is 10.8 Å². The number of hydrogen-bond donors (Lipinski definition) is 2. The molecule has 1 aromatic heterocycles. The summed E-state index contributed by atoms with van der Waals surface area (Å²) in [7, 11) is 0. The first-order valence-corrected chi connectivity index (χ1v) is 10.9. The van der Waals surface area contributed by atoms with Gasteiger partial charge in [0.05, 0.1) is 10.3 Å². The molecule has 0 spiro atoms. The summed E-state index contributed by atoms with van der Waals surface area (Å²) in [4.78, 5) is 16.3. The minimum atomic E-state index is -0.00984. The molecule has 2 aromatic carbocycles. The van der Waals surface area contributed by atoms with Crippen LogP contribution < -0.4 is 5.32 Å². The second-order valence-corrected chi connectivity index (χ2v) is 8.97. The summed E-state index contributed by atoms with van der Waals surface area (Å²) in [5, 5.41) is 3.42. The van der Waals surface area contributed by atoms with Crippen molar-refractivity contribution in [2.45, 2.75) is 20.3 Å². The van der Waals surface area contributed by atoms with Gasteiger partial charge in [-0.1, -0.05) is 75.6 Å². The number of benzene rings is 2. The Kier molecular flexibility index (Phi) is 5.61. The van der Waals surface area contributed by atoms with Gasteiger partial charge in [-0.05, 0) is 47.5 Å². The van der Waals surface area contributed by atoms with Crippen LogP contribution in [0.4, 0.5) is 0 Å². The van der Waals surface area contributed by atoms with Gasteiger partial charge in [0, 0.05) is 33.4 Å². The van der Waals surface area contributed by atoms with Crippen molar-refractivity contribution in [3.63, 3.8) is 0 Å². The van der Waals surface area contributed by atoms with E-state index in [0.29, 0.717) is 11.3 Å². The van der Waals surface area contributed by atoms with Gasteiger partial charge in [0.15, 0.2) is 0 Å². The van der Waals surface area contributed by atoms with Crippen molar-refractivity contribution >= 4 is 43.2 Å². The average Bonchev–Trinajstić information content (AvgIpc) is 3.31. The first-order valence-electron chi connectivity index (χ1n) is 9.34. The predicted octanol–water partition coefficient (Wildman–Crippen LogP) is 6.57. The number of aromatic nitrogens is 1. The second-order valence-electron chi connectivity index (χ2n) is 7.22. The molecule has 0 amide bonds. The summed E-state index contributed by atoms with van der Waals surface area (Å²) in [5.41, 5.74) is 7.74. The highest BCUT2D eigenvalue weighted by atomic mass is 79.9. The molecule has 1 aliphatic rings. The molecule has 3 aromatic rings. The van der Waals surface area contributed by atoms with E-state index in [1.165, 1.54) is 5.56 Å². The van der Waals surface area contributed by atoms with Crippen LogP contribution in [0.2, 0.25) is 0 Å². The van der Waals surface area contributed by atoms with Gasteiger partial charge in [0.2, 0.25) is 5.78 Å². The normalized spacial score (nSPS) is 15.4. The van der Waals surface area contributed by atoms with Gasteiger partial charge in [0.1, 0.15) is 0 Å². The van der Waals surface area contributed by atoms with E-state index >= 15 is 0 Å². The smallest absolute Gasteiger partial charge is 0.209 e. The van der Waals surface area contributed by atoms with E-state index in [1.807, 2.05) is 43.3 Å². The van der Waals surface area contributed by atoms with Crippen LogP contribution in [-0.2, 0) is 0 Å². The molecule has 0 saturated heterocycles. The fourth-order valence-electron chi connectivity index (χ4n) is 3.37. The summed E-state index contributed by atoms with van der Waals surface area (Å²) in [6.07, 6.45) is 0.754. The fraction of sp³-hybridized carbons (Fsp3) is 0.125. The topological polar surface area (TPSA) is 44.9 Å². The maximum Gasteiger partial charge on any atom is 0.209 e. The third kappa shape index (κ3) is 4.16. The van der Waals surface area contributed by atoms with Gasteiger partial charge < -0.3 is 10.3 Å². The minimum Gasteiger partial charge on any atom is -0.352 e. The van der Waals surface area contributed by atoms with Crippen LogP contribution in [0.1, 0.15) is 44.9 Å². The second kappa shape index (κ2) is 8.17. The van der Waals surface area contributed by atoms with Gasteiger partial charge in [-0.3, -0.25) is 4.79 Å². The van der Waals surface area contributed by atoms with Crippen molar-refractivity contribution in [2.75, 3.05) is 0 Å². The molecule has 0 bridgehead atoms. The van der Waals surface area contributed by atoms with E-state index in [-0.39, 0.29) is 5.78 Å². The molecule has 0 saturated carbocycles. The lowest BCUT2D eigenvalue weighted by atomic mass is 9.99. The molecule has 1 aliphatic heterocycles. The maximum absolute atomic E-state index is 12.9. The number of carbonyl (C=O) groups excluding carboxylic acids is 1. The van der Waals surface area contributed by atoms with Gasteiger partial charge in [0.25, 0.3) is 0 Å². The van der Waals surface area contributed by atoms with Gasteiger partial charge in [-0.25, -0.2) is 0 Å². The Labute approximate surface area is 187 Å². The first-order chi connectivity index (χ1) is 13.9. The van der Waals surface area contributed by atoms with Gasteiger partial charge in [-0.15, -0.1) is 0 Å². The highest BCUT2D eigenvalue weighted by Crippen LogP contribution is 2.36. The van der Waals surface area contributed by atoms with Crippen molar-refractivity contribution in [3.05, 3.63) is 109 Å². The zero-order chi connectivity index (χ0) is 20.5. The molecule has 4 rings (SSSR count). The minimum absolute atomic E-state index is 0.00984. The molecule has 2 heterocycles. The highest BCUT2D eigenvalue weighted by Gasteiger charge is 2.22. The number of allylic oxidation sites excluding steroid dienone is 1. The van der Waals surface area contributed by atoms with Crippen molar-refractivity contribution in [3.8, 4) is 0 Å². The first kappa shape index (κ1) is 19.9. The Morgan fingerprint density at radius 3 is 1.90 bits per heavy atom. The van der Waals surface area contributed by atoms with E-state index in [2.05, 4.69) is 73.3 Å². The quantitative estimate of drug-likeness (QED) is 0.307. The number of ketones is 1. The molecule has 3 nitrogen and oxygen atoms in total. The zero-order valence-corrected chi connectivity index (χ0v) is 19.3. The fourth-order valence-corrected chi connectivity index (χ4v) is 4.13. The Hall–Kier alpha value is -2.37. The Balaban J connectivity index is 1.75. The van der Waals surface area contributed by atoms with Gasteiger partial charge in [-0.2, -0.15) is 0 Å². The lowest BCUT2D eigenvalue weighted by Gasteiger charge is -2.12. The monoisotopic (exact) mass is 510 g/mol.